The van der Waals surface area contributed by atoms with E-state index in [1.165, 1.54) is 0 Å². The Labute approximate surface area is 85.6 Å². The van der Waals surface area contributed by atoms with Crippen molar-refractivity contribution < 1.29 is 4.79 Å². The molecular weight excluding hydrogens is 180 g/mol. The summed E-state index contributed by atoms with van der Waals surface area (Å²) in [5, 5.41) is 6.25. The number of carbonyl (C=O) groups is 1. The molecule has 0 unspecified atom stereocenters. The molecule has 5 heteroatoms. The van der Waals surface area contributed by atoms with Crippen molar-refractivity contribution in [3.8, 4) is 0 Å². The van der Waals surface area contributed by atoms with E-state index in [0.29, 0.717) is 26.2 Å². The Balaban J connectivity index is 3.61. The van der Waals surface area contributed by atoms with E-state index in [1.54, 1.807) is 6.92 Å². The Hall–Kier alpha value is -0.490. The number of hydrogen-bond acceptors (Lipinski definition) is 5. The molecule has 0 bridgehead atoms. The second kappa shape index (κ2) is 9.08. The highest BCUT2D eigenvalue weighted by Gasteiger charge is 2.12. The first-order valence-corrected chi connectivity index (χ1v) is 5.04. The van der Waals surface area contributed by atoms with E-state index >= 15 is 0 Å². The van der Waals surface area contributed by atoms with Gasteiger partial charge in [0.05, 0.1) is 0 Å². The molecule has 0 aromatic heterocycles. The Morgan fingerprint density at radius 1 is 1.14 bits per heavy atom. The van der Waals surface area contributed by atoms with E-state index in [0.717, 1.165) is 13.1 Å². The summed E-state index contributed by atoms with van der Waals surface area (Å²) >= 11 is 0. The highest BCUT2D eigenvalue weighted by Crippen LogP contribution is 1.94. The lowest BCUT2D eigenvalue weighted by Gasteiger charge is -2.14. The zero-order chi connectivity index (χ0) is 10.8. The van der Waals surface area contributed by atoms with Crippen LogP contribution in [0.1, 0.15) is 6.92 Å². The molecule has 0 saturated heterocycles. The Bertz CT molecular complexity index is 142. The van der Waals surface area contributed by atoms with Crippen LogP contribution in [0.4, 0.5) is 0 Å². The molecule has 14 heavy (non-hydrogen) atoms. The molecule has 6 N–H and O–H groups in total. The minimum Gasteiger partial charge on any atom is -0.329 e. The van der Waals surface area contributed by atoms with Crippen molar-refractivity contribution in [1.82, 2.24) is 10.6 Å². The maximum atomic E-state index is 11.2. The predicted octanol–water partition coefficient (Wildman–Crippen LogP) is -1.71. The molecule has 0 radical (unpaired) electrons. The van der Waals surface area contributed by atoms with Crippen LogP contribution >= 0.6 is 0 Å². The van der Waals surface area contributed by atoms with Crippen LogP contribution in [0.25, 0.3) is 0 Å². The molecular formula is C9H22N4O. The van der Waals surface area contributed by atoms with Gasteiger partial charge in [0.2, 0.25) is 0 Å². The molecule has 0 atom stereocenters. The summed E-state index contributed by atoms with van der Waals surface area (Å²) in [7, 11) is 0. The van der Waals surface area contributed by atoms with Crippen LogP contribution in [0.2, 0.25) is 0 Å². The van der Waals surface area contributed by atoms with Crippen molar-refractivity contribution in [1.29, 1.82) is 0 Å². The van der Waals surface area contributed by atoms with Crippen LogP contribution in [0, 0.1) is 5.92 Å². The van der Waals surface area contributed by atoms with Crippen LogP contribution in [-0.2, 0) is 4.79 Å². The van der Waals surface area contributed by atoms with Gasteiger partial charge < -0.3 is 22.1 Å². The lowest BCUT2D eigenvalue weighted by Crippen LogP contribution is -2.38. The summed E-state index contributed by atoms with van der Waals surface area (Å²) < 4.78 is 0. The number of rotatable bonds is 9. The summed E-state index contributed by atoms with van der Waals surface area (Å²) in [4.78, 5) is 11.2. The van der Waals surface area contributed by atoms with Crippen LogP contribution in [0.15, 0.2) is 0 Å². The zero-order valence-electron chi connectivity index (χ0n) is 8.88. The van der Waals surface area contributed by atoms with Crippen molar-refractivity contribution in [3.63, 3.8) is 0 Å². The smallest absolute Gasteiger partial charge is 0.135 e. The van der Waals surface area contributed by atoms with Crippen molar-refractivity contribution >= 4 is 5.78 Å². The van der Waals surface area contributed by atoms with Gasteiger partial charge in [-0.2, -0.15) is 0 Å². The first kappa shape index (κ1) is 13.5. The van der Waals surface area contributed by atoms with E-state index in [-0.39, 0.29) is 11.7 Å². The van der Waals surface area contributed by atoms with Crippen LogP contribution in [0.5, 0.6) is 0 Å². The first-order valence-electron chi connectivity index (χ1n) is 5.04. The third kappa shape index (κ3) is 6.97. The molecule has 0 aliphatic carbocycles. The molecule has 5 nitrogen and oxygen atoms in total. The average molecular weight is 202 g/mol. The third-order valence-corrected chi connectivity index (χ3v) is 2.00. The maximum absolute atomic E-state index is 11.2. The molecule has 0 aromatic carbocycles. The van der Waals surface area contributed by atoms with Gasteiger partial charge in [0.15, 0.2) is 0 Å². The van der Waals surface area contributed by atoms with Gasteiger partial charge in [-0.25, -0.2) is 0 Å². The lowest BCUT2D eigenvalue weighted by atomic mass is 10.1. The second-order valence-corrected chi connectivity index (χ2v) is 3.29. The van der Waals surface area contributed by atoms with Gasteiger partial charge in [0.1, 0.15) is 5.78 Å². The minimum atomic E-state index is 0.0214. The van der Waals surface area contributed by atoms with Crippen LogP contribution < -0.4 is 22.1 Å². The van der Waals surface area contributed by atoms with Crippen LogP contribution in [0.3, 0.4) is 0 Å². The largest absolute Gasteiger partial charge is 0.329 e. The third-order valence-electron chi connectivity index (χ3n) is 2.00. The molecule has 0 amide bonds. The molecule has 0 aromatic rings. The number of Topliss-reactive ketones (excluding diaryl/α,β-unsaturated/α-hetero) is 1. The molecule has 0 fully saturated rings. The van der Waals surface area contributed by atoms with E-state index in [9.17, 15) is 4.79 Å². The molecule has 0 aliphatic heterocycles. The van der Waals surface area contributed by atoms with E-state index in [1.807, 2.05) is 0 Å². The van der Waals surface area contributed by atoms with Gasteiger partial charge >= 0.3 is 0 Å². The highest BCUT2D eigenvalue weighted by atomic mass is 16.1. The zero-order valence-corrected chi connectivity index (χ0v) is 8.88. The van der Waals surface area contributed by atoms with Gasteiger partial charge in [-0.3, -0.25) is 4.79 Å². The quantitative estimate of drug-likeness (QED) is 0.334. The summed E-state index contributed by atoms with van der Waals surface area (Å²) in [6.07, 6.45) is 0. The fourth-order valence-corrected chi connectivity index (χ4v) is 1.12. The average Bonchev–Trinajstić information content (AvgIpc) is 2.15. The van der Waals surface area contributed by atoms with Gasteiger partial charge in [-0.1, -0.05) is 0 Å². The van der Waals surface area contributed by atoms with Crippen molar-refractivity contribution in [2.24, 2.45) is 17.4 Å². The highest BCUT2D eigenvalue weighted by molar-refractivity contribution is 5.78. The number of ketones is 1. The Kier molecular flexibility index (Phi) is 8.76. The number of nitrogens with two attached hydrogens (primary N) is 2. The summed E-state index contributed by atoms with van der Waals surface area (Å²) in [5.41, 5.74) is 10.7. The number of carbonyl (C=O) groups excluding carboxylic acids is 1. The topological polar surface area (TPSA) is 93.2 Å². The van der Waals surface area contributed by atoms with Crippen LogP contribution in [-0.4, -0.2) is 45.1 Å². The normalized spacial score (nSPS) is 10.9. The standard InChI is InChI=1S/C9H22N4O/c1-8(14)9(6-12-4-2-10)7-13-5-3-11/h9,12-13H,2-7,10-11H2,1H3. The SMILES string of the molecule is CC(=O)C(CNCCN)CNCCN. The Morgan fingerprint density at radius 3 is 1.86 bits per heavy atom. The van der Waals surface area contributed by atoms with Gasteiger partial charge in [-0.05, 0) is 6.92 Å². The Morgan fingerprint density at radius 2 is 1.57 bits per heavy atom. The molecule has 0 aliphatic rings. The summed E-state index contributed by atoms with van der Waals surface area (Å²) in [6.45, 7) is 5.68. The molecule has 0 spiro atoms. The summed E-state index contributed by atoms with van der Waals surface area (Å²) in [5.74, 6) is 0.215. The lowest BCUT2D eigenvalue weighted by molar-refractivity contribution is -0.120. The second-order valence-electron chi connectivity index (χ2n) is 3.29. The van der Waals surface area contributed by atoms with E-state index in [2.05, 4.69) is 10.6 Å². The van der Waals surface area contributed by atoms with Crippen molar-refractivity contribution in [2.45, 2.75) is 6.92 Å². The fraction of sp³-hybridized carbons (Fsp3) is 0.889. The molecule has 84 valence electrons. The molecule has 0 saturated carbocycles. The predicted molar refractivity (Wildman–Crippen MR) is 58.0 cm³/mol. The van der Waals surface area contributed by atoms with E-state index in [4.69, 9.17) is 11.5 Å². The van der Waals surface area contributed by atoms with Crippen molar-refractivity contribution in [3.05, 3.63) is 0 Å². The van der Waals surface area contributed by atoms with Gasteiger partial charge in [-0.15, -0.1) is 0 Å². The fourth-order valence-electron chi connectivity index (χ4n) is 1.12. The molecule has 0 rings (SSSR count). The van der Waals surface area contributed by atoms with E-state index < -0.39 is 0 Å². The molecule has 0 heterocycles. The summed E-state index contributed by atoms with van der Waals surface area (Å²) in [6, 6.07) is 0. The number of hydrogen-bond donors (Lipinski definition) is 4. The van der Waals surface area contributed by atoms with Gasteiger partial charge in [0.25, 0.3) is 0 Å². The first-order chi connectivity index (χ1) is 6.72. The number of nitrogens with one attached hydrogen (secondary N) is 2. The van der Waals surface area contributed by atoms with Gasteiger partial charge in [0, 0.05) is 45.2 Å². The van der Waals surface area contributed by atoms with Crippen molar-refractivity contribution in [2.75, 3.05) is 39.3 Å². The maximum Gasteiger partial charge on any atom is 0.135 e. The monoisotopic (exact) mass is 202 g/mol. The minimum absolute atomic E-state index is 0.0214.